The molecule has 3 rings (SSSR count). The molecule has 0 bridgehead atoms. The number of hydrogen-bond acceptors (Lipinski definition) is 8. The average molecular weight is 457 g/mol. The molecule has 0 fully saturated rings. The van der Waals surface area contributed by atoms with E-state index in [0.717, 1.165) is 0 Å². The number of amides is 1. The van der Waals surface area contributed by atoms with E-state index < -0.39 is 11.5 Å². The summed E-state index contributed by atoms with van der Waals surface area (Å²) < 4.78 is 15.0. The molecule has 3 aromatic rings. The number of carbonyl (C=O) groups is 1. The number of oxime groups is 1. The molecule has 33 heavy (non-hydrogen) atoms. The Bertz CT molecular complexity index is 1230. The third-order valence-corrected chi connectivity index (χ3v) is 4.41. The van der Waals surface area contributed by atoms with E-state index in [1.54, 1.807) is 25.1 Å². The number of aryl methyl sites for hydroxylation is 1. The van der Waals surface area contributed by atoms with E-state index in [2.05, 4.69) is 30.7 Å². The van der Waals surface area contributed by atoms with Crippen LogP contribution in [0.25, 0.3) is 11.3 Å². The van der Waals surface area contributed by atoms with E-state index in [-0.39, 0.29) is 55.1 Å². The first-order valence-electron chi connectivity index (χ1n) is 10.0. The molecule has 1 amide bonds. The van der Waals surface area contributed by atoms with Gasteiger partial charge in [-0.1, -0.05) is 18.2 Å². The van der Waals surface area contributed by atoms with Crippen molar-refractivity contribution in [3.05, 3.63) is 57.9 Å². The zero-order valence-electron chi connectivity index (χ0n) is 17.9. The molecule has 0 aliphatic carbocycles. The van der Waals surface area contributed by atoms with Crippen molar-refractivity contribution in [2.24, 2.45) is 16.6 Å². The van der Waals surface area contributed by atoms with Gasteiger partial charge in [-0.15, -0.1) is 0 Å². The number of guanidine groups is 1. The van der Waals surface area contributed by atoms with Crippen molar-refractivity contribution in [1.82, 2.24) is 24.8 Å². The summed E-state index contributed by atoms with van der Waals surface area (Å²) in [4.78, 5) is 43.0. The van der Waals surface area contributed by atoms with Gasteiger partial charge in [0.2, 0.25) is 11.9 Å². The molecule has 13 heteroatoms. The number of nitrogens with zero attached hydrogens (tertiary/aromatic N) is 5. The zero-order valence-corrected chi connectivity index (χ0v) is 17.9. The highest BCUT2D eigenvalue weighted by atomic mass is 19.1. The monoisotopic (exact) mass is 457 g/mol. The summed E-state index contributed by atoms with van der Waals surface area (Å²) in [6, 6.07) is 6.38. The summed E-state index contributed by atoms with van der Waals surface area (Å²) in [6.07, 6.45) is 1.81. The Balaban J connectivity index is 1.76. The third kappa shape index (κ3) is 6.35. The van der Waals surface area contributed by atoms with Crippen molar-refractivity contribution < 1.29 is 14.0 Å². The van der Waals surface area contributed by atoms with Gasteiger partial charge in [0.1, 0.15) is 19.0 Å². The molecule has 1 aromatic carbocycles. The van der Waals surface area contributed by atoms with Gasteiger partial charge in [-0.05, 0) is 30.1 Å². The largest absolute Gasteiger partial charge is 0.391 e. The molecule has 0 aliphatic rings. The number of anilines is 1. The number of rotatable bonds is 10. The van der Waals surface area contributed by atoms with Gasteiger partial charge in [-0.3, -0.25) is 14.2 Å². The van der Waals surface area contributed by atoms with Crippen LogP contribution in [0.2, 0.25) is 0 Å². The lowest BCUT2D eigenvalue weighted by molar-refractivity contribution is -0.121. The van der Waals surface area contributed by atoms with E-state index in [9.17, 15) is 14.0 Å². The number of aromatic nitrogens is 4. The van der Waals surface area contributed by atoms with Gasteiger partial charge in [0.15, 0.2) is 17.1 Å². The lowest BCUT2D eigenvalue weighted by Crippen LogP contribution is -2.36. The maximum atomic E-state index is 13.8. The van der Waals surface area contributed by atoms with E-state index in [0.29, 0.717) is 17.7 Å². The first-order valence-corrected chi connectivity index (χ1v) is 10.0. The molecular weight excluding hydrogens is 433 g/mol. The van der Waals surface area contributed by atoms with Gasteiger partial charge in [0.05, 0.1) is 18.4 Å². The van der Waals surface area contributed by atoms with Crippen LogP contribution in [0.4, 0.5) is 10.2 Å². The summed E-state index contributed by atoms with van der Waals surface area (Å²) in [6.45, 7) is 1.82. The van der Waals surface area contributed by atoms with Crippen LogP contribution in [0.15, 0.2) is 40.4 Å². The minimum atomic E-state index is -0.555. The fraction of sp³-hybridized carbons (Fsp3) is 0.300. The highest BCUT2D eigenvalue weighted by Gasteiger charge is 2.16. The van der Waals surface area contributed by atoms with Crippen LogP contribution >= 0.6 is 0 Å². The SMILES string of the molecule is Cc1cnc2c(n1)nc(NCCc1ccccc1F)c(=O)n2CC(=O)NCCON=C(N)N. The lowest BCUT2D eigenvalue weighted by Gasteiger charge is -2.12. The van der Waals surface area contributed by atoms with Gasteiger partial charge in [-0.25, -0.2) is 19.3 Å². The van der Waals surface area contributed by atoms with Gasteiger partial charge >= 0.3 is 0 Å². The molecule has 0 radical (unpaired) electrons. The zero-order chi connectivity index (χ0) is 23.8. The Morgan fingerprint density at radius 1 is 1.24 bits per heavy atom. The van der Waals surface area contributed by atoms with Crippen LogP contribution in [0.5, 0.6) is 0 Å². The average Bonchev–Trinajstić information content (AvgIpc) is 2.77. The fourth-order valence-electron chi connectivity index (χ4n) is 2.94. The Morgan fingerprint density at radius 2 is 2.03 bits per heavy atom. The number of nitrogens with two attached hydrogens (primary N) is 2. The predicted octanol–water partition coefficient (Wildman–Crippen LogP) is -0.390. The molecule has 0 aliphatic heterocycles. The van der Waals surface area contributed by atoms with Gasteiger partial charge in [-0.2, -0.15) is 0 Å². The minimum Gasteiger partial charge on any atom is -0.391 e. The number of halogens is 1. The molecule has 0 spiro atoms. The lowest BCUT2D eigenvalue weighted by atomic mass is 10.1. The Morgan fingerprint density at radius 3 is 2.79 bits per heavy atom. The minimum absolute atomic E-state index is 0.0115. The summed E-state index contributed by atoms with van der Waals surface area (Å²) >= 11 is 0. The maximum absolute atomic E-state index is 13.8. The first kappa shape index (κ1) is 23.4. The first-order chi connectivity index (χ1) is 15.8. The molecular formula is C20H24FN9O3. The molecule has 174 valence electrons. The van der Waals surface area contributed by atoms with Gasteiger partial charge in [0, 0.05) is 6.54 Å². The molecule has 0 saturated carbocycles. The van der Waals surface area contributed by atoms with E-state index in [1.807, 2.05) is 0 Å². The van der Waals surface area contributed by atoms with Crippen LogP contribution in [-0.2, 0) is 22.6 Å². The second-order valence-corrected chi connectivity index (χ2v) is 6.98. The topological polar surface area (TPSA) is 175 Å². The highest BCUT2D eigenvalue weighted by molar-refractivity contribution is 5.78. The van der Waals surface area contributed by atoms with Crippen molar-refractivity contribution in [3.8, 4) is 0 Å². The molecule has 0 atom stereocenters. The maximum Gasteiger partial charge on any atom is 0.295 e. The van der Waals surface area contributed by atoms with Gasteiger partial charge in [0.25, 0.3) is 5.56 Å². The second kappa shape index (κ2) is 10.8. The molecule has 2 heterocycles. The van der Waals surface area contributed by atoms with Crippen LogP contribution in [-0.4, -0.2) is 51.1 Å². The third-order valence-electron chi connectivity index (χ3n) is 4.41. The van der Waals surface area contributed by atoms with Crippen molar-refractivity contribution in [1.29, 1.82) is 0 Å². The number of benzene rings is 1. The molecule has 6 N–H and O–H groups in total. The number of fused-ring (bicyclic) bond motifs is 1. The highest BCUT2D eigenvalue weighted by Crippen LogP contribution is 2.10. The predicted molar refractivity (Wildman–Crippen MR) is 120 cm³/mol. The smallest absolute Gasteiger partial charge is 0.295 e. The van der Waals surface area contributed by atoms with E-state index in [4.69, 9.17) is 16.3 Å². The number of nitrogens with one attached hydrogen (secondary N) is 2. The molecule has 0 saturated heterocycles. The van der Waals surface area contributed by atoms with Crippen LogP contribution < -0.4 is 27.7 Å². The van der Waals surface area contributed by atoms with Crippen molar-refractivity contribution in [2.45, 2.75) is 19.9 Å². The summed E-state index contributed by atoms with van der Waals surface area (Å²) in [5, 5.41) is 8.85. The number of carbonyl (C=O) groups excluding carboxylic acids is 1. The Labute approximate surface area is 187 Å². The van der Waals surface area contributed by atoms with Crippen LogP contribution in [0.1, 0.15) is 11.3 Å². The van der Waals surface area contributed by atoms with E-state index >= 15 is 0 Å². The van der Waals surface area contributed by atoms with Crippen molar-refractivity contribution in [2.75, 3.05) is 25.0 Å². The van der Waals surface area contributed by atoms with Crippen LogP contribution in [0, 0.1) is 12.7 Å². The normalized spacial score (nSPS) is 10.6. The quantitative estimate of drug-likeness (QED) is 0.137. The standard InChI is InChI=1S/C20H24FN9O3/c1-12-10-26-18-16(27-12)28-17(25-7-6-13-4-2-3-5-14(13)21)19(32)30(18)11-15(31)24-8-9-33-29-20(22)23/h2-5,10H,6-9,11H2,1H3,(H,24,31)(H4,22,23,29)(H,25,27,28). The summed E-state index contributed by atoms with van der Waals surface area (Å²) in [7, 11) is 0. The Hall–Kier alpha value is -4.29. The number of hydrogen-bond donors (Lipinski definition) is 4. The van der Waals surface area contributed by atoms with Crippen molar-refractivity contribution >= 4 is 29.0 Å². The van der Waals surface area contributed by atoms with Crippen LogP contribution in [0.3, 0.4) is 0 Å². The molecule has 12 nitrogen and oxygen atoms in total. The summed E-state index contributed by atoms with van der Waals surface area (Å²) in [5.74, 6) is -1.04. The summed E-state index contributed by atoms with van der Waals surface area (Å²) in [5.41, 5.74) is 11.2. The van der Waals surface area contributed by atoms with E-state index in [1.165, 1.54) is 16.8 Å². The fourth-order valence-corrected chi connectivity index (χ4v) is 2.94. The second-order valence-electron chi connectivity index (χ2n) is 6.98. The van der Waals surface area contributed by atoms with Crippen molar-refractivity contribution in [3.63, 3.8) is 0 Å². The van der Waals surface area contributed by atoms with Gasteiger partial charge < -0.3 is 26.9 Å². The molecule has 0 unspecified atom stereocenters. The Kier molecular flexibility index (Phi) is 7.68. The molecule has 2 aromatic heterocycles.